The first-order valence-electron chi connectivity index (χ1n) is 7.97. The molecule has 2 saturated heterocycles. The average Bonchev–Trinajstić information content (AvgIpc) is 2.97. The van der Waals surface area contributed by atoms with Crippen LogP contribution in [-0.4, -0.2) is 40.9 Å². The first-order valence-corrected chi connectivity index (χ1v) is 7.97. The van der Waals surface area contributed by atoms with E-state index in [0.29, 0.717) is 18.0 Å². The minimum atomic E-state index is 0.110. The predicted molar refractivity (Wildman–Crippen MR) is 81.8 cm³/mol. The molecule has 3 N–H and O–H groups in total. The van der Waals surface area contributed by atoms with E-state index in [9.17, 15) is 0 Å². The maximum absolute atomic E-state index is 5.93. The van der Waals surface area contributed by atoms with Crippen LogP contribution in [0.4, 0.5) is 0 Å². The van der Waals surface area contributed by atoms with E-state index in [1.165, 1.54) is 25.7 Å². The highest BCUT2D eigenvalue weighted by Gasteiger charge is 2.42. The molecule has 0 amide bonds. The molecule has 1 aromatic rings. The Morgan fingerprint density at radius 2 is 2.10 bits per heavy atom. The number of ether oxygens (including phenoxy) is 1. The number of methoxy groups -OCH3 is 1. The van der Waals surface area contributed by atoms with Crippen LogP contribution in [-0.2, 0) is 6.54 Å². The largest absolute Gasteiger partial charge is 0.493 e. The molecule has 2 fully saturated rings. The molecule has 3 rings (SSSR count). The zero-order valence-corrected chi connectivity index (χ0v) is 13.2. The standard InChI is InChI=1S/C15H27N5O/c1-4-20-15(13(21-3)9-17-20)14(18-16)10-7-11-5-6-12(8-10)19(11)2/h9-12,14,18H,4-8,16H2,1-3H3. The van der Waals surface area contributed by atoms with Gasteiger partial charge in [-0.25, -0.2) is 0 Å². The first-order chi connectivity index (χ1) is 10.2. The van der Waals surface area contributed by atoms with Crippen molar-refractivity contribution in [3.63, 3.8) is 0 Å². The highest BCUT2D eigenvalue weighted by atomic mass is 16.5. The number of hydrazine groups is 1. The van der Waals surface area contributed by atoms with Gasteiger partial charge < -0.3 is 9.64 Å². The van der Waals surface area contributed by atoms with Gasteiger partial charge in [0.2, 0.25) is 0 Å². The van der Waals surface area contributed by atoms with E-state index in [2.05, 4.69) is 29.4 Å². The summed E-state index contributed by atoms with van der Waals surface area (Å²) >= 11 is 0. The van der Waals surface area contributed by atoms with Crippen LogP contribution in [0.3, 0.4) is 0 Å². The third-order valence-electron chi connectivity index (χ3n) is 5.44. The SMILES string of the molecule is CCn1ncc(OC)c1C(NN)C1CC2CCC(C1)N2C. The number of nitrogens with zero attached hydrogens (tertiary/aromatic N) is 3. The van der Waals surface area contributed by atoms with E-state index in [-0.39, 0.29) is 6.04 Å². The quantitative estimate of drug-likeness (QED) is 0.632. The van der Waals surface area contributed by atoms with E-state index >= 15 is 0 Å². The molecule has 0 aromatic carbocycles. The third-order valence-corrected chi connectivity index (χ3v) is 5.44. The number of rotatable bonds is 5. The minimum absolute atomic E-state index is 0.110. The third kappa shape index (κ3) is 2.45. The van der Waals surface area contributed by atoms with Crippen LogP contribution in [0, 0.1) is 5.92 Å². The molecule has 118 valence electrons. The molecule has 2 aliphatic heterocycles. The Hall–Kier alpha value is -1.11. The number of hydrogen-bond acceptors (Lipinski definition) is 5. The molecule has 6 heteroatoms. The second kappa shape index (κ2) is 5.94. The molecule has 3 heterocycles. The molecular formula is C15H27N5O. The van der Waals surface area contributed by atoms with Crippen LogP contribution in [0.1, 0.15) is 44.3 Å². The Morgan fingerprint density at radius 1 is 1.43 bits per heavy atom. The fraction of sp³-hybridized carbons (Fsp3) is 0.800. The van der Waals surface area contributed by atoms with Crippen LogP contribution < -0.4 is 16.0 Å². The molecule has 0 aliphatic carbocycles. The number of piperidine rings is 1. The van der Waals surface area contributed by atoms with Crippen molar-refractivity contribution >= 4 is 0 Å². The molecule has 2 bridgehead atoms. The number of aromatic nitrogens is 2. The molecule has 3 atom stereocenters. The van der Waals surface area contributed by atoms with Crippen molar-refractivity contribution in [3.8, 4) is 5.75 Å². The zero-order chi connectivity index (χ0) is 15.0. The van der Waals surface area contributed by atoms with Crippen molar-refractivity contribution in [2.45, 2.75) is 57.3 Å². The summed E-state index contributed by atoms with van der Waals surface area (Å²) in [4.78, 5) is 2.55. The minimum Gasteiger partial charge on any atom is -0.493 e. The van der Waals surface area contributed by atoms with Gasteiger partial charge in [0.15, 0.2) is 5.75 Å². The summed E-state index contributed by atoms with van der Waals surface area (Å²) in [5.74, 6) is 7.31. The normalized spacial score (nSPS) is 30.6. The summed E-state index contributed by atoms with van der Waals surface area (Å²) in [7, 11) is 3.97. The lowest BCUT2D eigenvalue weighted by Gasteiger charge is -2.39. The highest BCUT2D eigenvalue weighted by molar-refractivity contribution is 5.29. The maximum atomic E-state index is 5.93. The zero-order valence-electron chi connectivity index (χ0n) is 13.2. The van der Waals surface area contributed by atoms with Gasteiger partial charge in [0.05, 0.1) is 25.0 Å². The van der Waals surface area contributed by atoms with Crippen LogP contribution in [0.25, 0.3) is 0 Å². The van der Waals surface area contributed by atoms with Gasteiger partial charge in [-0.3, -0.25) is 16.0 Å². The number of hydrogen-bond donors (Lipinski definition) is 2. The Morgan fingerprint density at radius 3 is 2.62 bits per heavy atom. The molecule has 2 aliphatic rings. The second-order valence-corrected chi connectivity index (χ2v) is 6.34. The molecule has 21 heavy (non-hydrogen) atoms. The van der Waals surface area contributed by atoms with E-state index in [4.69, 9.17) is 10.6 Å². The Balaban J connectivity index is 1.87. The molecule has 0 radical (unpaired) electrons. The number of nitrogens with one attached hydrogen (secondary N) is 1. The van der Waals surface area contributed by atoms with Crippen molar-refractivity contribution in [3.05, 3.63) is 11.9 Å². The van der Waals surface area contributed by atoms with Crippen molar-refractivity contribution in [2.24, 2.45) is 11.8 Å². The average molecular weight is 293 g/mol. The van der Waals surface area contributed by atoms with Gasteiger partial charge in [0, 0.05) is 18.6 Å². The van der Waals surface area contributed by atoms with E-state index in [0.717, 1.165) is 18.0 Å². The molecular weight excluding hydrogens is 266 g/mol. The Bertz CT molecular complexity index is 453. The van der Waals surface area contributed by atoms with Crippen molar-refractivity contribution in [2.75, 3.05) is 14.2 Å². The van der Waals surface area contributed by atoms with E-state index in [1.807, 2.05) is 4.68 Å². The summed E-state index contributed by atoms with van der Waals surface area (Å²) in [6.45, 7) is 2.93. The van der Waals surface area contributed by atoms with Gasteiger partial charge in [-0.1, -0.05) is 0 Å². The topological polar surface area (TPSA) is 68.3 Å². The van der Waals surface area contributed by atoms with Gasteiger partial charge in [-0.15, -0.1) is 0 Å². The lowest BCUT2D eigenvalue weighted by Crippen LogP contribution is -2.45. The summed E-state index contributed by atoms with van der Waals surface area (Å²) in [6.07, 6.45) is 6.82. The summed E-state index contributed by atoms with van der Waals surface area (Å²) in [5.41, 5.74) is 4.14. The summed E-state index contributed by atoms with van der Waals surface area (Å²) in [5, 5.41) is 4.42. The summed E-state index contributed by atoms with van der Waals surface area (Å²) in [6, 6.07) is 1.52. The molecule has 0 saturated carbocycles. The van der Waals surface area contributed by atoms with Crippen LogP contribution in [0.5, 0.6) is 5.75 Å². The van der Waals surface area contributed by atoms with Gasteiger partial charge in [-0.2, -0.15) is 5.10 Å². The predicted octanol–water partition coefficient (Wildman–Crippen LogP) is 1.29. The van der Waals surface area contributed by atoms with E-state index in [1.54, 1.807) is 13.3 Å². The van der Waals surface area contributed by atoms with Crippen LogP contribution >= 0.6 is 0 Å². The van der Waals surface area contributed by atoms with E-state index < -0.39 is 0 Å². The number of aryl methyl sites for hydroxylation is 1. The maximum Gasteiger partial charge on any atom is 0.161 e. The monoisotopic (exact) mass is 293 g/mol. The van der Waals surface area contributed by atoms with Gasteiger partial charge in [0.1, 0.15) is 0 Å². The highest BCUT2D eigenvalue weighted by Crippen LogP contribution is 2.43. The molecule has 1 aromatic heterocycles. The van der Waals surface area contributed by atoms with Crippen LogP contribution in [0.15, 0.2) is 6.20 Å². The second-order valence-electron chi connectivity index (χ2n) is 6.34. The number of nitrogens with two attached hydrogens (primary N) is 1. The fourth-order valence-electron chi connectivity index (χ4n) is 4.26. The van der Waals surface area contributed by atoms with Crippen molar-refractivity contribution < 1.29 is 4.74 Å². The molecule has 6 nitrogen and oxygen atoms in total. The van der Waals surface area contributed by atoms with Gasteiger partial charge in [0.25, 0.3) is 0 Å². The Labute approximate surface area is 126 Å². The first kappa shape index (κ1) is 14.8. The van der Waals surface area contributed by atoms with Crippen molar-refractivity contribution in [1.29, 1.82) is 0 Å². The molecule has 0 spiro atoms. The smallest absolute Gasteiger partial charge is 0.161 e. The van der Waals surface area contributed by atoms with Gasteiger partial charge >= 0.3 is 0 Å². The van der Waals surface area contributed by atoms with Crippen molar-refractivity contribution in [1.82, 2.24) is 20.1 Å². The lowest BCUT2D eigenvalue weighted by molar-refractivity contribution is 0.109. The van der Waals surface area contributed by atoms with Crippen LogP contribution in [0.2, 0.25) is 0 Å². The Kier molecular flexibility index (Phi) is 4.19. The van der Waals surface area contributed by atoms with Gasteiger partial charge in [-0.05, 0) is 45.6 Å². The fourth-order valence-corrected chi connectivity index (χ4v) is 4.26. The molecule has 3 unspecified atom stereocenters. The lowest BCUT2D eigenvalue weighted by atomic mass is 9.84. The summed E-state index contributed by atoms with van der Waals surface area (Å²) < 4.78 is 7.51. The number of fused-ring (bicyclic) bond motifs is 2.